The molecule has 0 radical (unpaired) electrons. The molecule has 1 aliphatic heterocycles. The van der Waals surface area contributed by atoms with Gasteiger partial charge in [0.2, 0.25) is 5.89 Å². The smallest absolute Gasteiger partial charge is 0.325 e. The summed E-state index contributed by atoms with van der Waals surface area (Å²) in [7, 11) is 0. The van der Waals surface area contributed by atoms with E-state index in [0.717, 1.165) is 31.6 Å². The summed E-state index contributed by atoms with van der Waals surface area (Å²) >= 11 is 0. The molecule has 8 nitrogen and oxygen atoms in total. The molecule has 8 heteroatoms. The minimum Gasteiger partial charge on any atom is -0.480 e. The van der Waals surface area contributed by atoms with E-state index in [-0.39, 0.29) is 12.5 Å². The lowest BCUT2D eigenvalue weighted by molar-refractivity contribution is -0.137. The third-order valence-electron chi connectivity index (χ3n) is 3.67. The fourth-order valence-electron chi connectivity index (χ4n) is 2.77. The molecule has 0 aliphatic carbocycles. The van der Waals surface area contributed by atoms with Crippen molar-refractivity contribution in [2.45, 2.75) is 32.2 Å². The van der Waals surface area contributed by atoms with E-state index in [2.05, 4.69) is 20.1 Å². The van der Waals surface area contributed by atoms with Crippen LogP contribution in [0.4, 0.5) is 5.95 Å². The average Bonchev–Trinajstić information content (AvgIpc) is 3.07. The Morgan fingerprint density at radius 3 is 3.14 bits per heavy atom. The topological polar surface area (TPSA) is 97.3 Å². The van der Waals surface area contributed by atoms with Gasteiger partial charge in [-0.2, -0.15) is 10.1 Å². The van der Waals surface area contributed by atoms with Crippen LogP contribution in [0.2, 0.25) is 0 Å². The second-order valence-electron chi connectivity index (χ2n) is 5.21. The van der Waals surface area contributed by atoms with E-state index in [1.54, 1.807) is 17.8 Å². The Morgan fingerprint density at radius 2 is 2.43 bits per heavy atom. The number of carbonyl (C=O) groups is 1. The average molecular weight is 291 g/mol. The minimum absolute atomic E-state index is 0.111. The first kappa shape index (κ1) is 13.6. The van der Waals surface area contributed by atoms with E-state index in [1.165, 1.54) is 0 Å². The van der Waals surface area contributed by atoms with Crippen molar-refractivity contribution in [1.29, 1.82) is 0 Å². The van der Waals surface area contributed by atoms with Gasteiger partial charge in [0.1, 0.15) is 6.54 Å². The molecule has 0 bridgehead atoms. The number of carboxylic acids is 1. The van der Waals surface area contributed by atoms with E-state index in [4.69, 9.17) is 9.63 Å². The van der Waals surface area contributed by atoms with Gasteiger partial charge < -0.3 is 14.5 Å². The summed E-state index contributed by atoms with van der Waals surface area (Å²) < 4.78 is 6.58. The predicted molar refractivity (Wildman–Crippen MR) is 73.1 cm³/mol. The van der Waals surface area contributed by atoms with Gasteiger partial charge in [0, 0.05) is 37.8 Å². The van der Waals surface area contributed by atoms with Gasteiger partial charge in [0.05, 0.1) is 0 Å². The molecule has 21 heavy (non-hydrogen) atoms. The van der Waals surface area contributed by atoms with Crippen molar-refractivity contribution in [2.24, 2.45) is 0 Å². The number of piperidine rings is 1. The zero-order valence-electron chi connectivity index (χ0n) is 11.8. The summed E-state index contributed by atoms with van der Waals surface area (Å²) in [5.41, 5.74) is 0.947. The largest absolute Gasteiger partial charge is 0.480 e. The van der Waals surface area contributed by atoms with Crippen molar-refractivity contribution in [1.82, 2.24) is 19.9 Å². The molecule has 1 aliphatic rings. The van der Waals surface area contributed by atoms with E-state index in [9.17, 15) is 4.79 Å². The normalized spacial score (nSPS) is 18.9. The first-order chi connectivity index (χ1) is 10.1. The summed E-state index contributed by atoms with van der Waals surface area (Å²) in [6.45, 7) is 3.27. The first-order valence-corrected chi connectivity index (χ1v) is 6.92. The Labute approximate surface area is 121 Å². The van der Waals surface area contributed by atoms with Gasteiger partial charge in [-0.25, -0.2) is 0 Å². The van der Waals surface area contributed by atoms with E-state index in [1.807, 2.05) is 6.07 Å². The van der Waals surface area contributed by atoms with Gasteiger partial charge in [0.15, 0.2) is 0 Å². The highest BCUT2D eigenvalue weighted by Crippen LogP contribution is 2.28. The summed E-state index contributed by atoms with van der Waals surface area (Å²) in [6.07, 6.45) is 3.64. The number of aliphatic carboxylic acids is 1. The van der Waals surface area contributed by atoms with Gasteiger partial charge in [-0.15, -0.1) is 0 Å². The van der Waals surface area contributed by atoms with Crippen LogP contribution < -0.4 is 4.90 Å². The van der Waals surface area contributed by atoms with Crippen molar-refractivity contribution in [3.63, 3.8) is 0 Å². The molecule has 2 aromatic heterocycles. The lowest BCUT2D eigenvalue weighted by Crippen LogP contribution is -2.36. The van der Waals surface area contributed by atoms with Crippen LogP contribution >= 0.6 is 0 Å². The van der Waals surface area contributed by atoms with E-state index < -0.39 is 5.97 Å². The van der Waals surface area contributed by atoms with Crippen molar-refractivity contribution in [2.75, 3.05) is 18.0 Å². The van der Waals surface area contributed by atoms with Gasteiger partial charge >= 0.3 is 5.97 Å². The predicted octanol–water partition coefficient (Wildman–Crippen LogP) is 1.04. The van der Waals surface area contributed by atoms with Crippen LogP contribution in [0.3, 0.4) is 0 Å². The molecule has 3 rings (SSSR count). The molecule has 3 heterocycles. The van der Waals surface area contributed by atoms with Crippen LogP contribution in [0.15, 0.2) is 16.8 Å². The van der Waals surface area contributed by atoms with Crippen LogP contribution in [0, 0.1) is 6.92 Å². The second kappa shape index (κ2) is 5.55. The van der Waals surface area contributed by atoms with Gasteiger partial charge in [-0.05, 0) is 24.1 Å². The Balaban J connectivity index is 1.77. The maximum Gasteiger partial charge on any atom is 0.325 e. The molecular formula is C13H17N5O3. The Morgan fingerprint density at radius 1 is 1.57 bits per heavy atom. The van der Waals surface area contributed by atoms with Crippen molar-refractivity contribution in [3.8, 4) is 0 Å². The maximum absolute atomic E-state index is 10.9. The molecule has 112 valence electrons. The number of aromatic nitrogens is 4. The lowest BCUT2D eigenvalue weighted by atomic mass is 9.95. The number of nitrogens with zero attached hydrogens (tertiary/aromatic N) is 5. The minimum atomic E-state index is -0.888. The quantitative estimate of drug-likeness (QED) is 0.898. The molecule has 0 amide bonds. The number of hydrogen-bond donors (Lipinski definition) is 1. The van der Waals surface area contributed by atoms with Gasteiger partial charge in [0.25, 0.3) is 5.95 Å². The highest BCUT2D eigenvalue weighted by molar-refractivity contribution is 5.66. The van der Waals surface area contributed by atoms with Crippen LogP contribution in [0.1, 0.15) is 30.3 Å². The van der Waals surface area contributed by atoms with Crippen LogP contribution in [0.5, 0.6) is 0 Å². The highest BCUT2D eigenvalue weighted by Gasteiger charge is 2.26. The first-order valence-electron chi connectivity index (χ1n) is 6.92. The van der Waals surface area contributed by atoms with Crippen LogP contribution in [0.25, 0.3) is 0 Å². The number of carboxylic acid groups (broad SMARTS) is 1. The Hall–Kier alpha value is -2.38. The zero-order valence-corrected chi connectivity index (χ0v) is 11.8. The summed E-state index contributed by atoms with van der Waals surface area (Å²) in [5, 5.41) is 17.0. The monoisotopic (exact) mass is 291 g/mol. The molecular weight excluding hydrogens is 274 g/mol. The van der Waals surface area contributed by atoms with Crippen molar-refractivity contribution >= 4 is 11.9 Å². The molecule has 1 N–H and O–H groups in total. The van der Waals surface area contributed by atoms with E-state index >= 15 is 0 Å². The molecule has 2 aromatic rings. The number of rotatable bonds is 4. The third-order valence-corrected chi connectivity index (χ3v) is 3.67. The fourth-order valence-corrected chi connectivity index (χ4v) is 2.77. The fraction of sp³-hybridized carbons (Fsp3) is 0.538. The molecule has 0 saturated carbocycles. The standard InChI is InChI=1S/C13H17N5O3/c1-9-15-13(16-21-9)17-6-2-3-10(7-17)11-4-5-14-18(11)8-12(19)20/h4-5,10H,2-3,6-8H2,1H3,(H,19,20)/t10-/m1/s1. The Bertz CT molecular complexity index is 635. The third kappa shape index (κ3) is 2.88. The molecule has 1 saturated heterocycles. The number of hydrogen-bond acceptors (Lipinski definition) is 6. The maximum atomic E-state index is 10.9. The lowest BCUT2D eigenvalue weighted by Gasteiger charge is -2.31. The summed E-state index contributed by atoms with van der Waals surface area (Å²) in [6, 6.07) is 1.89. The molecule has 0 aromatic carbocycles. The number of aryl methyl sites for hydroxylation is 1. The van der Waals surface area contributed by atoms with Gasteiger partial charge in [-0.1, -0.05) is 0 Å². The van der Waals surface area contributed by atoms with Crippen molar-refractivity contribution in [3.05, 3.63) is 23.8 Å². The molecule has 1 atom stereocenters. The van der Waals surface area contributed by atoms with E-state index in [0.29, 0.717) is 11.8 Å². The molecule has 0 unspecified atom stereocenters. The van der Waals surface area contributed by atoms with Crippen molar-refractivity contribution < 1.29 is 14.4 Å². The summed E-state index contributed by atoms with van der Waals surface area (Å²) in [4.78, 5) is 17.2. The second-order valence-corrected chi connectivity index (χ2v) is 5.21. The number of anilines is 1. The molecule has 1 fully saturated rings. The van der Waals surface area contributed by atoms with Gasteiger partial charge in [-0.3, -0.25) is 9.48 Å². The van der Waals surface area contributed by atoms with Crippen LogP contribution in [-0.2, 0) is 11.3 Å². The summed E-state index contributed by atoms with van der Waals surface area (Å²) in [5.74, 6) is 0.477. The van der Waals surface area contributed by atoms with Crippen LogP contribution in [-0.4, -0.2) is 44.1 Å². The Kier molecular flexibility index (Phi) is 3.59. The zero-order chi connectivity index (χ0) is 14.8. The highest BCUT2D eigenvalue weighted by atomic mass is 16.5. The molecule has 0 spiro atoms. The SMILES string of the molecule is Cc1nc(N2CCC[C@@H](c3ccnn3CC(=O)O)C2)no1.